The third kappa shape index (κ3) is 3.28. The maximum Gasteiger partial charge on any atom is 0.256 e. The van der Waals surface area contributed by atoms with Gasteiger partial charge in [0.1, 0.15) is 0 Å². The number of pyridine rings is 1. The lowest BCUT2D eigenvalue weighted by molar-refractivity contribution is 0.0998. The lowest BCUT2D eigenvalue weighted by atomic mass is 10.1. The van der Waals surface area contributed by atoms with E-state index in [0.717, 1.165) is 29.6 Å². The number of carbonyl (C=O) groups excluding carboxylic acids is 2. The van der Waals surface area contributed by atoms with Crippen molar-refractivity contribution < 1.29 is 9.59 Å². The highest BCUT2D eigenvalue weighted by Crippen LogP contribution is 2.40. The van der Waals surface area contributed by atoms with Gasteiger partial charge in [0, 0.05) is 28.9 Å². The van der Waals surface area contributed by atoms with Gasteiger partial charge in [-0.05, 0) is 57.0 Å². The van der Waals surface area contributed by atoms with E-state index in [1.54, 1.807) is 30.5 Å². The second-order valence-corrected chi connectivity index (χ2v) is 7.18. The Labute approximate surface area is 156 Å². The Kier molecular flexibility index (Phi) is 4.14. The zero-order valence-corrected chi connectivity index (χ0v) is 15.3. The third-order valence-electron chi connectivity index (χ3n) is 4.74. The summed E-state index contributed by atoms with van der Waals surface area (Å²) in [5.41, 5.74) is 8.49. The highest BCUT2D eigenvalue weighted by Gasteiger charge is 2.28. The number of aromatic nitrogens is 3. The Morgan fingerprint density at radius 2 is 1.93 bits per heavy atom. The van der Waals surface area contributed by atoms with Crippen molar-refractivity contribution in [1.29, 1.82) is 0 Å². The summed E-state index contributed by atoms with van der Waals surface area (Å²) in [6.07, 6.45) is 3.90. The fourth-order valence-corrected chi connectivity index (χ4v) is 3.11. The van der Waals surface area contributed by atoms with E-state index in [9.17, 15) is 9.59 Å². The summed E-state index contributed by atoms with van der Waals surface area (Å²) in [5, 5.41) is 8.04. The standard InChI is InChI=1S/C20H21N5O2/c1-11(2)25-19-16(10-22-25)15(9-17(24-19)12-3-4-12)20(27)23-14-7-5-13(6-8-14)18(21)26/h5-12H,3-4H2,1-2H3,(H2,21,26)(H,23,27). The van der Waals surface area contributed by atoms with Crippen molar-refractivity contribution in [2.75, 3.05) is 5.32 Å². The van der Waals surface area contributed by atoms with Gasteiger partial charge in [0.25, 0.3) is 5.91 Å². The number of nitrogens with two attached hydrogens (primary N) is 1. The lowest BCUT2D eigenvalue weighted by Crippen LogP contribution is -2.14. The molecule has 2 aromatic heterocycles. The molecule has 138 valence electrons. The molecule has 1 aromatic carbocycles. The first-order valence-corrected chi connectivity index (χ1v) is 9.03. The van der Waals surface area contributed by atoms with Crippen molar-refractivity contribution in [1.82, 2.24) is 14.8 Å². The Bertz CT molecular complexity index is 1030. The van der Waals surface area contributed by atoms with E-state index in [1.807, 2.05) is 24.6 Å². The molecule has 1 saturated carbocycles. The van der Waals surface area contributed by atoms with E-state index in [0.29, 0.717) is 22.7 Å². The van der Waals surface area contributed by atoms with E-state index in [-0.39, 0.29) is 11.9 Å². The molecule has 2 heterocycles. The zero-order valence-electron chi connectivity index (χ0n) is 15.3. The van der Waals surface area contributed by atoms with Gasteiger partial charge in [-0.2, -0.15) is 5.10 Å². The van der Waals surface area contributed by atoms with Crippen LogP contribution in [0.15, 0.2) is 36.5 Å². The van der Waals surface area contributed by atoms with Gasteiger partial charge in [0.2, 0.25) is 5.91 Å². The third-order valence-corrected chi connectivity index (χ3v) is 4.74. The molecule has 3 aromatic rings. The number of amides is 2. The van der Waals surface area contributed by atoms with Crippen LogP contribution in [-0.4, -0.2) is 26.6 Å². The Hall–Kier alpha value is -3.22. The molecule has 0 saturated heterocycles. The summed E-state index contributed by atoms with van der Waals surface area (Å²) in [7, 11) is 0. The van der Waals surface area contributed by atoms with Crippen LogP contribution in [0.2, 0.25) is 0 Å². The summed E-state index contributed by atoms with van der Waals surface area (Å²) in [4.78, 5) is 28.9. The maximum absolute atomic E-state index is 13.0. The van der Waals surface area contributed by atoms with E-state index in [1.165, 1.54) is 0 Å². The van der Waals surface area contributed by atoms with Crippen molar-refractivity contribution in [3.8, 4) is 0 Å². The number of nitrogens with zero attached hydrogens (tertiary/aromatic N) is 3. The highest BCUT2D eigenvalue weighted by molar-refractivity contribution is 6.12. The quantitative estimate of drug-likeness (QED) is 0.726. The molecule has 0 radical (unpaired) electrons. The number of carbonyl (C=O) groups is 2. The van der Waals surface area contributed by atoms with E-state index >= 15 is 0 Å². The van der Waals surface area contributed by atoms with Crippen LogP contribution in [0.4, 0.5) is 5.69 Å². The number of fused-ring (bicyclic) bond motifs is 1. The minimum absolute atomic E-state index is 0.154. The molecule has 1 fully saturated rings. The number of nitrogens with one attached hydrogen (secondary N) is 1. The summed E-state index contributed by atoms with van der Waals surface area (Å²) in [5.74, 6) is -0.301. The molecule has 0 spiro atoms. The monoisotopic (exact) mass is 363 g/mol. The molecule has 4 rings (SSSR count). The first-order chi connectivity index (χ1) is 12.9. The van der Waals surface area contributed by atoms with Gasteiger partial charge in [-0.3, -0.25) is 9.59 Å². The predicted molar refractivity (Wildman–Crippen MR) is 103 cm³/mol. The number of hydrogen-bond donors (Lipinski definition) is 2. The topological polar surface area (TPSA) is 103 Å². The first kappa shape index (κ1) is 17.2. The van der Waals surface area contributed by atoms with Crippen LogP contribution in [0.5, 0.6) is 0 Å². The minimum atomic E-state index is -0.501. The summed E-state index contributed by atoms with van der Waals surface area (Å²) >= 11 is 0. The van der Waals surface area contributed by atoms with E-state index in [4.69, 9.17) is 10.7 Å². The van der Waals surface area contributed by atoms with Crippen molar-refractivity contribution in [2.45, 2.75) is 38.6 Å². The SMILES string of the molecule is CC(C)n1ncc2c(C(=O)Nc3ccc(C(N)=O)cc3)cc(C3CC3)nc21. The minimum Gasteiger partial charge on any atom is -0.366 e. The first-order valence-electron chi connectivity index (χ1n) is 9.03. The van der Waals surface area contributed by atoms with Gasteiger partial charge >= 0.3 is 0 Å². The number of anilines is 1. The molecule has 0 bridgehead atoms. The predicted octanol–water partition coefficient (Wildman–Crippen LogP) is 3.24. The second-order valence-electron chi connectivity index (χ2n) is 7.18. The molecular formula is C20H21N5O2. The van der Waals surface area contributed by atoms with E-state index in [2.05, 4.69) is 10.4 Å². The van der Waals surface area contributed by atoms with Crippen molar-refractivity contribution in [3.05, 3.63) is 53.3 Å². The summed E-state index contributed by atoms with van der Waals surface area (Å²) in [6.45, 7) is 4.08. The molecule has 7 heteroatoms. The van der Waals surface area contributed by atoms with Crippen LogP contribution in [-0.2, 0) is 0 Å². The van der Waals surface area contributed by atoms with Gasteiger partial charge < -0.3 is 11.1 Å². The van der Waals surface area contributed by atoms with Crippen LogP contribution >= 0.6 is 0 Å². The Morgan fingerprint density at radius 1 is 1.22 bits per heavy atom. The fraction of sp³-hybridized carbons (Fsp3) is 0.300. The molecule has 1 aliphatic carbocycles. The zero-order chi connectivity index (χ0) is 19.1. The average Bonchev–Trinajstić information content (AvgIpc) is 3.40. The van der Waals surface area contributed by atoms with Crippen LogP contribution in [0, 0.1) is 0 Å². The lowest BCUT2D eigenvalue weighted by Gasteiger charge is -2.11. The average molecular weight is 363 g/mol. The number of hydrogen-bond acceptors (Lipinski definition) is 4. The van der Waals surface area contributed by atoms with Gasteiger partial charge in [0.15, 0.2) is 5.65 Å². The molecule has 0 atom stereocenters. The Morgan fingerprint density at radius 3 is 2.52 bits per heavy atom. The van der Waals surface area contributed by atoms with Crippen molar-refractivity contribution in [3.63, 3.8) is 0 Å². The summed E-state index contributed by atoms with van der Waals surface area (Å²) < 4.78 is 1.85. The van der Waals surface area contributed by atoms with Crippen LogP contribution < -0.4 is 11.1 Å². The van der Waals surface area contributed by atoms with E-state index < -0.39 is 5.91 Å². The molecule has 1 aliphatic rings. The van der Waals surface area contributed by atoms with Crippen molar-refractivity contribution >= 4 is 28.5 Å². The second kappa shape index (κ2) is 6.50. The van der Waals surface area contributed by atoms with Crippen LogP contribution in [0.3, 0.4) is 0 Å². The smallest absolute Gasteiger partial charge is 0.256 e. The van der Waals surface area contributed by atoms with Gasteiger partial charge in [0.05, 0.1) is 17.1 Å². The number of primary amides is 1. The normalized spacial score (nSPS) is 13.9. The number of benzene rings is 1. The largest absolute Gasteiger partial charge is 0.366 e. The van der Waals surface area contributed by atoms with Gasteiger partial charge in [-0.25, -0.2) is 9.67 Å². The molecular weight excluding hydrogens is 342 g/mol. The number of rotatable bonds is 5. The van der Waals surface area contributed by atoms with Crippen molar-refractivity contribution in [2.24, 2.45) is 5.73 Å². The molecule has 27 heavy (non-hydrogen) atoms. The van der Waals surface area contributed by atoms with Crippen LogP contribution in [0.25, 0.3) is 11.0 Å². The molecule has 0 unspecified atom stereocenters. The molecule has 2 amide bonds. The Balaban J connectivity index is 1.71. The molecule has 0 aliphatic heterocycles. The molecule has 7 nitrogen and oxygen atoms in total. The maximum atomic E-state index is 13.0. The van der Waals surface area contributed by atoms with Gasteiger partial charge in [-0.1, -0.05) is 0 Å². The summed E-state index contributed by atoms with van der Waals surface area (Å²) in [6, 6.07) is 8.53. The highest BCUT2D eigenvalue weighted by atomic mass is 16.2. The molecule has 3 N–H and O–H groups in total. The van der Waals surface area contributed by atoms with Crippen LogP contribution in [0.1, 0.15) is 65.1 Å². The van der Waals surface area contributed by atoms with Gasteiger partial charge in [-0.15, -0.1) is 0 Å². The fourth-order valence-electron chi connectivity index (χ4n) is 3.11.